The highest BCUT2D eigenvalue weighted by Crippen LogP contribution is 1.96. The molecule has 0 atom stereocenters. The highest BCUT2D eigenvalue weighted by atomic mass is 16.5. The van der Waals surface area contributed by atoms with Crippen LogP contribution in [0.5, 0.6) is 0 Å². The predicted molar refractivity (Wildman–Crippen MR) is 56.3 cm³/mol. The first-order valence-electron chi connectivity index (χ1n) is 4.28. The number of allylic oxidation sites excluding steroid dienone is 3. The van der Waals surface area contributed by atoms with E-state index in [9.17, 15) is 0 Å². The van der Waals surface area contributed by atoms with Gasteiger partial charge in [-0.1, -0.05) is 44.7 Å². The second-order valence-electron chi connectivity index (χ2n) is 1.89. The molecule has 0 rings (SSSR count). The van der Waals surface area contributed by atoms with Crippen LogP contribution < -0.4 is 0 Å². The Kier molecular flexibility index (Phi) is 14.7. The number of methoxy groups -OCH3 is 1. The Balaban J connectivity index is 0. The number of rotatable bonds is 4. The minimum Gasteiger partial charge on any atom is -0.380 e. The van der Waals surface area contributed by atoms with Crippen LogP contribution in [0.4, 0.5) is 0 Å². The van der Waals surface area contributed by atoms with Crippen LogP contribution in [0, 0.1) is 0 Å². The molecule has 0 aliphatic heterocycles. The standard InChI is InChI=1S/C9H14O.C2H6/c1-4-6-7-9(5-2)8-10-3;1-2/h4-7H,1,8H2,2-3H3;1-2H3/b7-6-,9-5+;. The Morgan fingerprint density at radius 2 is 2.00 bits per heavy atom. The highest BCUT2D eigenvalue weighted by Gasteiger charge is 1.85. The zero-order chi connectivity index (χ0) is 9.82. The third-order valence-electron chi connectivity index (χ3n) is 1.13. The van der Waals surface area contributed by atoms with Crippen LogP contribution in [0.2, 0.25) is 0 Å². The summed E-state index contributed by atoms with van der Waals surface area (Å²) in [6.07, 6.45) is 7.65. The Labute approximate surface area is 76.4 Å². The topological polar surface area (TPSA) is 9.23 Å². The SMILES string of the molecule is C=C/C=C\C(=C/C)COC.CC. The molecule has 1 heteroatoms. The minimum atomic E-state index is 0.668. The van der Waals surface area contributed by atoms with E-state index in [0.29, 0.717) is 6.61 Å². The van der Waals surface area contributed by atoms with E-state index in [1.165, 1.54) is 5.57 Å². The fourth-order valence-corrected chi connectivity index (χ4v) is 0.586. The lowest BCUT2D eigenvalue weighted by Gasteiger charge is -1.96. The highest BCUT2D eigenvalue weighted by molar-refractivity contribution is 5.21. The van der Waals surface area contributed by atoms with Crippen LogP contribution in [0.1, 0.15) is 20.8 Å². The van der Waals surface area contributed by atoms with Crippen LogP contribution in [0.25, 0.3) is 0 Å². The van der Waals surface area contributed by atoms with E-state index < -0.39 is 0 Å². The van der Waals surface area contributed by atoms with Crippen molar-refractivity contribution in [3.63, 3.8) is 0 Å². The third-order valence-corrected chi connectivity index (χ3v) is 1.13. The van der Waals surface area contributed by atoms with E-state index >= 15 is 0 Å². The van der Waals surface area contributed by atoms with Gasteiger partial charge in [0.1, 0.15) is 0 Å². The second kappa shape index (κ2) is 12.8. The number of hydrogen-bond donors (Lipinski definition) is 0. The van der Waals surface area contributed by atoms with Gasteiger partial charge in [0, 0.05) is 7.11 Å². The molecule has 0 aromatic rings. The van der Waals surface area contributed by atoms with Gasteiger partial charge in [-0.2, -0.15) is 0 Å². The molecule has 0 N–H and O–H groups in total. The van der Waals surface area contributed by atoms with Crippen molar-refractivity contribution >= 4 is 0 Å². The van der Waals surface area contributed by atoms with E-state index in [1.807, 2.05) is 39.0 Å². The van der Waals surface area contributed by atoms with Crippen molar-refractivity contribution < 1.29 is 4.74 Å². The van der Waals surface area contributed by atoms with Gasteiger partial charge in [0.2, 0.25) is 0 Å². The maximum Gasteiger partial charge on any atom is 0.0709 e. The van der Waals surface area contributed by atoms with Crippen molar-refractivity contribution in [2.24, 2.45) is 0 Å². The molecule has 0 spiro atoms. The van der Waals surface area contributed by atoms with Gasteiger partial charge in [-0.15, -0.1) is 0 Å². The Morgan fingerprint density at radius 1 is 1.42 bits per heavy atom. The molecule has 0 bridgehead atoms. The van der Waals surface area contributed by atoms with Crippen molar-refractivity contribution in [2.45, 2.75) is 20.8 Å². The Bertz CT molecular complexity index is 143. The van der Waals surface area contributed by atoms with Crippen LogP contribution in [-0.4, -0.2) is 13.7 Å². The van der Waals surface area contributed by atoms with Crippen molar-refractivity contribution in [2.75, 3.05) is 13.7 Å². The van der Waals surface area contributed by atoms with Gasteiger partial charge in [-0.25, -0.2) is 0 Å². The summed E-state index contributed by atoms with van der Waals surface area (Å²) < 4.78 is 4.94. The fourth-order valence-electron chi connectivity index (χ4n) is 0.586. The van der Waals surface area contributed by atoms with E-state index in [4.69, 9.17) is 4.74 Å². The van der Waals surface area contributed by atoms with Crippen LogP contribution in [0.3, 0.4) is 0 Å². The van der Waals surface area contributed by atoms with E-state index in [2.05, 4.69) is 6.58 Å². The largest absolute Gasteiger partial charge is 0.380 e. The van der Waals surface area contributed by atoms with Crippen molar-refractivity contribution in [3.05, 3.63) is 36.5 Å². The van der Waals surface area contributed by atoms with Gasteiger partial charge in [0.05, 0.1) is 6.61 Å². The molecule has 0 amide bonds. The lowest BCUT2D eigenvalue weighted by molar-refractivity contribution is 0.228. The Morgan fingerprint density at radius 3 is 2.33 bits per heavy atom. The van der Waals surface area contributed by atoms with Gasteiger partial charge >= 0.3 is 0 Å². The molecule has 0 radical (unpaired) electrons. The molecule has 0 aliphatic rings. The molecular weight excluding hydrogens is 148 g/mol. The van der Waals surface area contributed by atoms with Crippen molar-refractivity contribution in [1.29, 1.82) is 0 Å². The maximum absolute atomic E-state index is 4.94. The first kappa shape index (κ1) is 13.7. The van der Waals surface area contributed by atoms with Crippen molar-refractivity contribution in [1.82, 2.24) is 0 Å². The Hall–Kier alpha value is -0.820. The quantitative estimate of drug-likeness (QED) is 0.585. The molecular formula is C11H20O. The first-order valence-corrected chi connectivity index (χ1v) is 4.28. The summed E-state index contributed by atoms with van der Waals surface area (Å²) in [5.41, 5.74) is 1.17. The lowest BCUT2D eigenvalue weighted by atomic mass is 10.2. The van der Waals surface area contributed by atoms with Crippen LogP contribution in [0.15, 0.2) is 36.5 Å². The normalized spacial score (nSPS) is 10.8. The third kappa shape index (κ3) is 9.18. The summed E-state index contributed by atoms with van der Waals surface area (Å²) in [6.45, 7) is 10.2. The van der Waals surface area contributed by atoms with E-state index in [1.54, 1.807) is 13.2 Å². The molecule has 0 saturated carbocycles. The lowest BCUT2D eigenvalue weighted by Crippen LogP contribution is -1.89. The predicted octanol–water partition coefficient (Wildman–Crippen LogP) is 3.35. The zero-order valence-corrected chi connectivity index (χ0v) is 8.63. The molecule has 0 fully saturated rings. The summed E-state index contributed by atoms with van der Waals surface area (Å²) in [6, 6.07) is 0. The smallest absolute Gasteiger partial charge is 0.0709 e. The maximum atomic E-state index is 4.94. The first-order chi connectivity index (χ1) is 5.85. The number of hydrogen-bond acceptors (Lipinski definition) is 1. The molecule has 12 heavy (non-hydrogen) atoms. The second-order valence-corrected chi connectivity index (χ2v) is 1.89. The molecule has 1 nitrogen and oxygen atoms in total. The zero-order valence-electron chi connectivity index (χ0n) is 8.63. The summed E-state index contributed by atoms with van der Waals surface area (Å²) in [5.74, 6) is 0. The van der Waals surface area contributed by atoms with Gasteiger partial charge in [-0.3, -0.25) is 0 Å². The molecule has 70 valence electrons. The summed E-state index contributed by atoms with van der Waals surface area (Å²) >= 11 is 0. The molecule has 0 aromatic carbocycles. The fraction of sp³-hybridized carbons (Fsp3) is 0.455. The minimum absolute atomic E-state index is 0.668. The van der Waals surface area contributed by atoms with Gasteiger partial charge in [0.15, 0.2) is 0 Å². The molecule has 0 aromatic heterocycles. The van der Waals surface area contributed by atoms with Crippen molar-refractivity contribution in [3.8, 4) is 0 Å². The van der Waals surface area contributed by atoms with Crippen LogP contribution >= 0.6 is 0 Å². The summed E-state index contributed by atoms with van der Waals surface area (Å²) in [7, 11) is 1.69. The van der Waals surface area contributed by atoms with Crippen LogP contribution in [-0.2, 0) is 4.74 Å². The van der Waals surface area contributed by atoms with E-state index in [0.717, 1.165) is 0 Å². The van der Waals surface area contributed by atoms with E-state index in [-0.39, 0.29) is 0 Å². The van der Waals surface area contributed by atoms with Gasteiger partial charge < -0.3 is 4.74 Å². The average molecular weight is 168 g/mol. The average Bonchev–Trinajstić information content (AvgIpc) is 2.15. The molecule has 0 aliphatic carbocycles. The monoisotopic (exact) mass is 168 g/mol. The molecule has 0 heterocycles. The molecule has 0 unspecified atom stereocenters. The van der Waals surface area contributed by atoms with Gasteiger partial charge in [-0.05, 0) is 12.5 Å². The number of ether oxygens (including phenoxy) is 1. The van der Waals surface area contributed by atoms with Gasteiger partial charge in [0.25, 0.3) is 0 Å². The molecule has 0 saturated heterocycles. The summed E-state index contributed by atoms with van der Waals surface area (Å²) in [4.78, 5) is 0. The summed E-state index contributed by atoms with van der Waals surface area (Å²) in [5, 5.41) is 0.